The van der Waals surface area contributed by atoms with Crippen molar-refractivity contribution in [2.75, 3.05) is 19.7 Å². The molecule has 0 radical (unpaired) electrons. The molecular weight excluding hydrogens is 411 g/mol. The van der Waals surface area contributed by atoms with Gasteiger partial charge in [-0.1, -0.05) is 30.3 Å². The number of aromatic nitrogens is 3. The van der Waals surface area contributed by atoms with Crippen LogP contribution in [0.15, 0.2) is 48.7 Å². The van der Waals surface area contributed by atoms with Crippen LogP contribution in [0, 0.1) is 0 Å². The Bertz CT molecular complexity index is 1040. The first-order valence-corrected chi connectivity index (χ1v) is 9.99. The molecule has 164 valence electrons. The topological polar surface area (TPSA) is 71.8 Å². The third kappa shape index (κ3) is 5.13. The van der Waals surface area contributed by atoms with Gasteiger partial charge < -0.3 is 15.0 Å². The molecule has 3 heterocycles. The van der Waals surface area contributed by atoms with Gasteiger partial charge in [-0.3, -0.25) is 4.40 Å². The number of nitrogens with one attached hydrogen (secondary N) is 1. The summed E-state index contributed by atoms with van der Waals surface area (Å²) >= 11 is 0. The standard InChI is InChI=1S/C21H22F3N5O2/c22-21(23,24)16-7-9-18-26-27-19(29(18)13-16)12-25-20(30)28-10-11-31-17(14-28)8-6-15-4-2-1-3-5-15/h1-5,7,9,13,17H,6,8,10-12,14H2,(H,25,30). The van der Waals surface area contributed by atoms with Crippen molar-refractivity contribution in [1.82, 2.24) is 24.8 Å². The van der Waals surface area contributed by atoms with Crippen LogP contribution < -0.4 is 5.32 Å². The lowest BCUT2D eigenvalue weighted by Crippen LogP contribution is -2.49. The maximum Gasteiger partial charge on any atom is 0.417 e. The van der Waals surface area contributed by atoms with Crippen LogP contribution in [-0.2, 0) is 23.9 Å². The molecule has 1 saturated heterocycles. The van der Waals surface area contributed by atoms with Gasteiger partial charge in [0.2, 0.25) is 0 Å². The lowest BCUT2D eigenvalue weighted by molar-refractivity contribution is -0.137. The van der Waals surface area contributed by atoms with E-state index in [-0.39, 0.29) is 30.2 Å². The van der Waals surface area contributed by atoms with E-state index in [1.807, 2.05) is 18.2 Å². The van der Waals surface area contributed by atoms with E-state index < -0.39 is 11.7 Å². The Labute approximate surface area is 176 Å². The Morgan fingerprint density at radius 1 is 1.16 bits per heavy atom. The fraction of sp³-hybridized carbons (Fsp3) is 0.381. The molecule has 3 aromatic rings. The number of alkyl halides is 3. The van der Waals surface area contributed by atoms with E-state index in [0.717, 1.165) is 25.1 Å². The number of pyridine rings is 1. The Kier molecular flexibility index (Phi) is 6.08. The first kappa shape index (κ1) is 21.1. The molecule has 31 heavy (non-hydrogen) atoms. The normalized spacial score (nSPS) is 17.1. The van der Waals surface area contributed by atoms with Crippen LogP contribution in [0.5, 0.6) is 0 Å². The van der Waals surface area contributed by atoms with E-state index in [1.54, 1.807) is 4.90 Å². The van der Waals surface area contributed by atoms with Crippen molar-refractivity contribution in [1.29, 1.82) is 0 Å². The van der Waals surface area contributed by atoms with Gasteiger partial charge in [-0.2, -0.15) is 13.2 Å². The molecule has 2 amide bonds. The molecule has 7 nitrogen and oxygen atoms in total. The zero-order valence-electron chi connectivity index (χ0n) is 16.7. The number of urea groups is 1. The number of benzene rings is 1. The van der Waals surface area contributed by atoms with Crippen molar-refractivity contribution in [3.8, 4) is 0 Å². The molecule has 1 aliphatic rings. The molecule has 0 aliphatic carbocycles. The lowest BCUT2D eigenvalue weighted by Gasteiger charge is -2.33. The zero-order chi connectivity index (χ0) is 21.8. The molecule has 0 bridgehead atoms. The third-order valence-corrected chi connectivity index (χ3v) is 5.22. The van der Waals surface area contributed by atoms with Crippen molar-refractivity contribution in [2.45, 2.75) is 31.7 Å². The number of amides is 2. The van der Waals surface area contributed by atoms with E-state index in [0.29, 0.717) is 19.7 Å². The van der Waals surface area contributed by atoms with Crippen LogP contribution in [-0.4, -0.2) is 51.3 Å². The number of carbonyl (C=O) groups is 1. The predicted molar refractivity (Wildman–Crippen MR) is 106 cm³/mol. The summed E-state index contributed by atoms with van der Waals surface area (Å²) in [6, 6.07) is 12.0. The van der Waals surface area contributed by atoms with Gasteiger partial charge >= 0.3 is 12.2 Å². The van der Waals surface area contributed by atoms with Gasteiger partial charge in [0.05, 0.1) is 24.8 Å². The number of carbonyl (C=O) groups excluding carboxylic acids is 1. The Morgan fingerprint density at radius 3 is 2.74 bits per heavy atom. The summed E-state index contributed by atoms with van der Waals surface area (Å²) in [5, 5.41) is 10.5. The van der Waals surface area contributed by atoms with Crippen molar-refractivity contribution in [3.63, 3.8) is 0 Å². The minimum atomic E-state index is -4.47. The van der Waals surface area contributed by atoms with Crippen LogP contribution in [0.2, 0.25) is 0 Å². The van der Waals surface area contributed by atoms with E-state index in [2.05, 4.69) is 27.6 Å². The summed E-state index contributed by atoms with van der Waals surface area (Å²) < 4.78 is 45.9. The molecule has 10 heteroatoms. The van der Waals surface area contributed by atoms with Gasteiger partial charge in [0.25, 0.3) is 0 Å². The Hall–Kier alpha value is -3.14. The molecule has 1 aromatic carbocycles. The molecule has 2 aromatic heterocycles. The summed E-state index contributed by atoms with van der Waals surface area (Å²) in [6.07, 6.45) is -1.95. The van der Waals surface area contributed by atoms with E-state index in [4.69, 9.17) is 4.74 Å². The van der Waals surface area contributed by atoms with Gasteiger partial charge in [0.1, 0.15) is 0 Å². The van der Waals surface area contributed by atoms with Gasteiger partial charge in [-0.25, -0.2) is 4.79 Å². The first-order valence-electron chi connectivity index (χ1n) is 9.99. The molecule has 1 fully saturated rings. The molecule has 1 atom stereocenters. The number of rotatable bonds is 5. The van der Waals surface area contributed by atoms with Gasteiger partial charge in [-0.05, 0) is 30.5 Å². The van der Waals surface area contributed by atoms with Crippen molar-refractivity contribution in [2.24, 2.45) is 0 Å². The fourth-order valence-electron chi connectivity index (χ4n) is 3.54. The highest BCUT2D eigenvalue weighted by molar-refractivity contribution is 5.74. The largest absolute Gasteiger partial charge is 0.417 e. The number of aryl methyl sites for hydroxylation is 1. The Morgan fingerprint density at radius 2 is 1.97 bits per heavy atom. The summed E-state index contributed by atoms with van der Waals surface area (Å²) in [5.41, 5.74) is 0.691. The average Bonchev–Trinajstić information content (AvgIpc) is 3.19. The highest BCUT2D eigenvalue weighted by Crippen LogP contribution is 2.29. The molecule has 0 saturated carbocycles. The number of hydrogen-bond acceptors (Lipinski definition) is 4. The molecule has 4 rings (SSSR count). The Balaban J connectivity index is 1.34. The molecule has 0 spiro atoms. The molecule has 1 N–H and O–H groups in total. The van der Waals surface area contributed by atoms with Crippen molar-refractivity contribution >= 4 is 11.7 Å². The highest BCUT2D eigenvalue weighted by Gasteiger charge is 2.31. The van der Waals surface area contributed by atoms with Crippen LogP contribution >= 0.6 is 0 Å². The second-order valence-electron chi connectivity index (χ2n) is 7.38. The van der Waals surface area contributed by atoms with Crippen LogP contribution in [0.3, 0.4) is 0 Å². The first-order chi connectivity index (χ1) is 14.9. The summed E-state index contributed by atoms with van der Waals surface area (Å²) in [4.78, 5) is 14.3. The maximum absolute atomic E-state index is 13.0. The number of halogens is 3. The molecule has 1 unspecified atom stereocenters. The minimum Gasteiger partial charge on any atom is -0.375 e. The summed E-state index contributed by atoms with van der Waals surface area (Å²) in [6.45, 7) is 1.31. The van der Waals surface area contributed by atoms with Crippen molar-refractivity contribution in [3.05, 3.63) is 65.6 Å². The predicted octanol–water partition coefficient (Wildman–Crippen LogP) is 3.29. The van der Waals surface area contributed by atoms with Crippen LogP contribution in [0.1, 0.15) is 23.4 Å². The third-order valence-electron chi connectivity index (χ3n) is 5.22. The number of nitrogens with zero attached hydrogens (tertiary/aromatic N) is 4. The van der Waals surface area contributed by atoms with Crippen LogP contribution in [0.4, 0.5) is 18.0 Å². The monoisotopic (exact) mass is 433 g/mol. The van der Waals surface area contributed by atoms with E-state index in [1.165, 1.54) is 16.0 Å². The van der Waals surface area contributed by atoms with Crippen molar-refractivity contribution < 1.29 is 22.7 Å². The summed E-state index contributed by atoms with van der Waals surface area (Å²) in [7, 11) is 0. The number of ether oxygens (including phenoxy) is 1. The highest BCUT2D eigenvalue weighted by atomic mass is 19.4. The number of fused-ring (bicyclic) bond motifs is 1. The second-order valence-corrected chi connectivity index (χ2v) is 7.38. The second kappa shape index (κ2) is 8.93. The van der Waals surface area contributed by atoms with Gasteiger partial charge in [0.15, 0.2) is 11.5 Å². The molecule has 1 aliphatic heterocycles. The number of morpholine rings is 1. The zero-order valence-corrected chi connectivity index (χ0v) is 16.7. The van der Waals surface area contributed by atoms with E-state index in [9.17, 15) is 18.0 Å². The lowest BCUT2D eigenvalue weighted by atomic mass is 10.1. The van der Waals surface area contributed by atoms with E-state index >= 15 is 0 Å². The summed E-state index contributed by atoms with van der Waals surface area (Å²) in [5.74, 6) is 0.225. The minimum absolute atomic E-state index is 0.0344. The maximum atomic E-state index is 13.0. The quantitative estimate of drug-likeness (QED) is 0.670. The number of hydrogen-bond donors (Lipinski definition) is 1. The average molecular weight is 433 g/mol. The SMILES string of the molecule is O=C(NCc1nnc2ccc(C(F)(F)F)cn12)N1CCOC(CCc2ccccc2)C1. The van der Waals surface area contributed by atoms with Crippen LogP contribution in [0.25, 0.3) is 5.65 Å². The smallest absolute Gasteiger partial charge is 0.375 e. The van der Waals surface area contributed by atoms with Gasteiger partial charge in [0, 0.05) is 19.3 Å². The fourth-order valence-corrected chi connectivity index (χ4v) is 3.54. The van der Waals surface area contributed by atoms with Gasteiger partial charge in [-0.15, -0.1) is 10.2 Å². The molecular formula is C21H22F3N5O2.